The number of nitrogens with two attached hydrogens (primary N) is 1. The zero-order chi connectivity index (χ0) is 20.3. The minimum atomic E-state index is -0.906. The summed E-state index contributed by atoms with van der Waals surface area (Å²) in [5.74, 6) is -2.63. The van der Waals surface area contributed by atoms with Gasteiger partial charge in [-0.1, -0.05) is 0 Å². The smallest absolute Gasteiger partial charge is 0.290 e. The Labute approximate surface area is 158 Å². The summed E-state index contributed by atoms with van der Waals surface area (Å²) in [6.07, 6.45) is 6.15. The lowest BCUT2D eigenvalue weighted by Crippen LogP contribution is -2.05. The molecule has 0 amide bonds. The molecule has 1 rings (SSSR count). The van der Waals surface area contributed by atoms with Gasteiger partial charge in [0.15, 0.2) is 0 Å². The Morgan fingerprint density at radius 1 is 0.852 bits per heavy atom. The molecule has 0 unspecified atom stereocenters. The first-order chi connectivity index (χ1) is 13.1. The lowest BCUT2D eigenvalue weighted by Gasteiger charge is -2.07. The molecule has 27 heavy (non-hydrogen) atoms. The van der Waals surface area contributed by atoms with Crippen LogP contribution in [0.2, 0.25) is 0 Å². The van der Waals surface area contributed by atoms with E-state index in [0.29, 0.717) is 18.7 Å². The van der Waals surface area contributed by atoms with Crippen LogP contribution in [0.1, 0.15) is 44.1 Å². The fourth-order valence-electron chi connectivity index (χ4n) is 2.30. The molecule has 0 bridgehead atoms. The standard InChI is InChI=1S/C18H28F3NO2.CH2O2/c19-15-13-17(20)16(18(21)14-15)7-12-24-11-6-2-5-10-23-9-4-1-3-8-22;2-1-3/h13-14H,1-12,22H2;1H,(H,2,3). The zero-order valence-electron chi connectivity index (χ0n) is 15.6. The number of hydrogen-bond donors (Lipinski definition) is 2. The summed E-state index contributed by atoms with van der Waals surface area (Å²) in [6, 6.07) is 1.38. The second kappa shape index (κ2) is 17.8. The maximum atomic E-state index is 13.4. The number of ether oxygens (including phenoxy) is 2. The van der Waals surface area contributed by atoms with Crippen LogP contribution in [0, 0.1) is 17.5 Å². The monoisotopic (exact) mass is 393 g/mol. The minimum absolute atomic E-state index is 0.101. The van der Waals surface area contributed by atoms with Crippen molar-refractivity contribution in [2.75, 3.05) is 33.0 Å². The Morgan fingerprint density at radius 2 is 1.30 bits per heavy atom. The SMILES string of the molecule is NCCCCCOCCCCCOCCc1c(F)cc(F)cc1F.O=CO. The largest absolute Gasteiger partial charge is 0.483 e. The van der Waals surface area contributed by atoms with Gasteiger partial charge in [-0.05, 0) is 45.1 Å². The Kier molecular flexibility index (Phi) is 16.7. The van der Waals surface area contributed by atoms with E-state index in [1.807, 2.05) is 0 Å². The van der Waals surface area contributed by atoms with Gasteiger partial charge in [0.1, 0.15) is 17.5 Å². The van der Waals surface area contributed by atoms with Crippen molar-refractivity contribution in [3.63, 3.8) is 0 Å². The van der Waals surface area contributed by atoms with Crippen LogP contribution in [0.15, 0.2) is 12.1 Å². The van der Waals surface area contributed by atoms with Crippen LogP contribution in [0.3, 0.4) is 0 Å². The topological polar surface area (TPSA) is 81.8 Å². The molecule has 5 nitrogen and oxygen atoms in total. The first-order valence-electron chi connectivity index (χ1n) is 9.13. The maximum absolute atomic E-state index is 13.4. The van der Waals surface area contributed by atoms with E-state index in [-0.39, 0.29) is 25.1 Å². The highest BCUT2D eigenvalue weighted by atomic mass is 19.1. The summed E-state index contributed by atoms with van der Waals surface area (Å²) in [6.45, 7) is 2.78. The molecule has 0 aliphatic rings. The van der Waals surface area contributed by atoms with Crippen LogP contribution in [-0.2, 0) is 20.7 Å². The minimum Gasteiger partial charge on any atom is -0.483 e. The second-order valence-corrected chi connectivity index (χ2v) is 5.84. The van der Waals surface area contributed by atoms with Gasteiger partial charge in [-0.25, -0.2) is 13.2 Å². The highest BCUT2D eigenvalue weighted by Gasteiger charge is 2.10. The lowest BCUT2D eigenvalue weighted by molar-refractivity contribution is -0.122. The van der Waals surface area contributed by atoms with E-state index < -0.39 is 17.5 Å². The lowest BCUT2D eigenvalue weighted by atomic mass is 10.1. The number of halogens is 3. The third-order valence-electron chi connectivity index (χ3n) is 3.67. The van der Waals surface area contributed by atoms with Gasteiger partial charge in [0.2, 0.25) is 0 Å². The number of carboxylic acid groups (broad SMARTS) is 1. The first-order valence-corrected chi connectivity index (χ1v) is 9.13. The highest BCUT2D eigenvalue weighted by Crippen LogP contribution is 2.15. The van der Waals surface area contributed by atoms with Gasteiger partial charge >= 0.3 is 0 Å². The van der Waals surface area contributed by atoms with E-state index in [0.717, 1.165) is 58.3 Å². The zero-order valence-corrected chi connectivity index (χ0v) is 15.6. The van der Waals surface area contributed by atoms with E-state index in [1.54, 1.807) is 0 Å². The summed E-state index contributed by atoms with van der Waals surface area (Å²) in [5.41, 5.74) is 5.28. The highest BCUT2D eigenvalue weighted by molar-refractivity contribution is 5.32. The molecular formula is C19H30F3NO4. The quantitative estimate of drug-likeness (QED) is 0.372. The molecule has 1 aromatic rings. The Morgan fingerprint density at radius 3 is 1.78 bits per heavy atom. The van der Waals surface area contributed by atoms with Crippen molar-refractivity contribution in [2.24, 2.45) is 5.73 Å². The molecule has 1 aromatic carbocycles. The van der Waals surface area contributed by atoms with Crippen LogP contribution >= 0.6 is 0 Å². The number of hydrogen-bond acceptors (Lipinski definition) is 4. The number of benzene rings is 1. The van der Waals surface area contributed by atoms with Crippen molar-refractivity contribution in [3.05, 3.63) is 35.1 Å². The Bertz CT molecular complexity index is 481. The molecule has 8 heteroatoms. The van der Waals surface area contributed by atoms with Gasteiger partial charge in [0.05, 0.1) is 6.61 Å². The van der Waals surface area contributed by atoms with Crippen molar-refractivity contribution >= 4 is 6.47 Å². The molecule has 0 fully saturated rings. The molecule has 0 aliphatic carbocycles. The summed E-state index contributed by atoms with van der Waals surface area (Å²) >= 11 is 0. The average Bonchev–Trinajstić information content (AvgIpc) is 2.61. The van der Waals surface area contributed by atoms with Crippen LogP contribution in [0.5, 0.6) is 0 Å². The first kappa shape index (κ1) is 25.4. The summed E-state index contributed by atoms with van der Waals surface area (Å²) in [7, 11) is 0. The maximum Gasteiger partial charge on any atom is 0.290 e. The third kappa shape index (κ3) is 14.1. The Balaban J connectivity index is 0.00000210. The average molecular weight is 393 g/mol. The predicted molar refractivity (Wildman–Crippen MR) is 97.1 cm³/mol. The normalized spacial score (nSPS) is 10.4. The van der Waals surface area contributed by atoms with E-state index in [1.165, 1.54) is 0 Å². The van der Waals surface area contributed by atoms with Gasteiger partial charge in [0.25, 0.3) is 6.47 Å². The third-order valence-corrected chi connectivity index (χ3v) is 3.67. The van der Waals surface area contributed by atoms with Crippen molar-refractivity contribution in [3.8, 4) is 0 Å². The van der Waals surface area contributed by atoms with Crippen molar-refractivity contribution in [1.29, 1.82) is 0 Å². The fourth-order valence-corrected chi connectivity index (χ4v) is 2.30. The molecule has 0 spiro atoms. The molecule has 0 aromatic heterocycles. The summed E-state index contributed by atoms with van der Waals surface area (Å²) < 4.78 is 50.5. The number of carbonyl (C=O) groups is 1. The van der Waals surface area contributed by atoms with Crippen molar-refractivity contribution < 1.29 is 32.5 Å². The molecule has 0 radical (unpaired) electrons. The van der Waals surface area contributed by atoms with Crippen LogP contribution in [0.25, 0.3) is 0 Å². The van der Waals surface area contributed by atoms with Crippen molar-refractivity contribution in [1.82, 2.24) is 0 Å². The summed E-state index contributed by atoms with van der Waals surface area (Å²) in [5, 5.41) is 6.89. The molecule has 0 heterocycles. The van der Waals surface area contributed by atoms with Gasteiger partial charge < -0.3 is 20.3 Å². The van der Waals surface area contributed by atoms with Gasteiger partial charge in [0, 0.05) is 43.9 Å². The fraction of sp³-hybridized carbons (Fsp3) is 0.632. The van der Waals surface area contributed by atoms with Gasteiger partial charge in [-0.2, -0.15) is 0 Å². The molecule has 156 valence electrons. The molecule has 0 saturated heterocycles. The number of unbranched alkanes of at least 4 members (excludes halogenated alkanes) is 4. The van der Waals surface area contributed by atoms with Gasteiger partial charge in [-0.15, -0.1) is 0 Å². The van der Waals surface area contributed by atoms with Gasteiger partial charge in [-0.3, -0.25) is 4.79 Å². The molecular weight excluding hydrogens is 363 g/mol. The van der Waals surface area contributed by atoms with Crippen LogP contribution in [0.4, 0.5) is 13.2 Å². The van der Waals surface area contributed by atoms with Crippen LogP contribution in [-0.4, -0.2) is 44.6 Å². The number of rotatable bonds is 14. The molecule has 3 N–H and O–H groups in total. The molecule has 0 atom stereocenters. The van der Waals surface area contributed by atoms with E-state index in [9.17, 15) is 13.2 Å². The van der Waals surface area contributed by atoms with E-state index in [4.69, 9.17) is 25.1 Å². The predicted octanol–water partition coefficient (Wildman–Crippen LogP) is 3.68. The second-order valence-electron chi connectivity index (χ2n) is 5.84. The van der Waals surface area contributed by atoms with Crippen LogP contribution < -0.4 is 5.73 Å². The molecule has 0 aliphatic heterocycles. The Hall–Kier alpha value is -1.64. The molecule has 0 saturated carbocycles. The van der Waals surface area contributed by atoms with E-state index >= 15 is 0 Å². The van der Waals surface area contributed by atoms with E-state index in [2.05, 4.69) is 0 Å². The summed E-state index contributed by atoms with van der Waals surface area (Å²) in [4.78, 5) is 8.36. The van der Waals surface area contributed by atoms with Crippen molar-refractivity contribution in [2.45, 2.75) is 44.9 Å².